The van der Waals surface area contributed by atoms with E-state index in [0.29, 0.717) is 6.54 Å². The number of hydrogen-bond donors (Lipinski definition) is 4. The van der Waals surface area contributed by atoms with Crippen molar-refractivity contribution in [3.05, 3.63) is 36.0 Å². The molecule has 1 saturated heterocycles. The highest BCUT2D eigenvalue weighted by Gasteiger charge is 2.20. The van der Waals surface area contributed by atoms with Crippen LogP contribution >= 0.6 is 0 Å². The van der Waals surface area contributed by atoms with Gasteiger partial charge in [0.15, 0.2) is 0 Å². The molecular weight excluding hydrogens is 392 g/mol. The van der Waals surface area contributed by atoms with Gasteiger partial charge in [0, 0.05) is 49.8 Å². The highest BCUT2D eigenvalue weighted by atomic mass is 16.2. The molecule has 2 aromatic rings. The Bertz CT molecular complexity index is 879. The number of aromatic nitrogens is 1. The molecule has 1 aliphatic heterocycles. The van der Waals surface area contributed by atoms with E-state index in [9.17, 15) is 9.59 Å². The normalized spacial score (nSPS) is 14.9. The molecule has 1 fully saturated rings. The maximum absolute atomic E-state index is 12.4. The molecule has 8 nitrogen and oxygen atoms in total. The SMILES string of the molecule is CCCCNC(=O)NC1CCN(CCNC(=O)Nc2cc(C)nc3ccccc23)CC1. The predicted octanol–water partition coefficient (Wildman–Crippen LogP) is 3.23. The number of carbonyl (C=O) groups is 2. The van der Waals surface area contributed by atoms with Gasteiger partial charge in [-0.3, -0.25) is 4.98 Å². The maximum Gasteiger partial charge on any atom is 0.319 e. The Labute approximate surface area is 184 Å². The van der Waals surface area contributed by atoms with Gasteiger partial charge in [-0.1, -0.05) is 31.5 Å². The Hall–Kier alpha value is -2.87. The van der Waals surface area contributed by atoms with E-state index in [1.54, 1.807) is 0 Å². The van der Waals surface area contributed by atoms with Crippen molar-refractivity contribution in [3.8, 4) is 0 Å². The average Bonchev–Trinajstić information content (AvgIpc) is 2.75. The summed E-state index contributed by atoms with van der Waals surface area (Å²) in [6.07, 6.45) is 3.93. The van der Waals surface area contributed by atoms with E-state index < -0.39 is 0 Å². The van der Waals surface area contributed by atoms with E-state index in [1.807, 2.05) is 37.3 Å². The smallest absolute Gasteiger partial charge is 0.319 e. The first-order chi connectivity index (χ1) is 15.0. The monoisotopic (exact) mass is 426 g/mol. The molecule has 1 aliphatic rings. The van der Waals surface area contributed by atoms with E-state index >= 15 is 0 Å². The lowest BCUT2D eigenvalue weighted by molar-refractivity contribution is 0.192. The highest BCUT2D eigenvalue weighted by Crippen LogP contribution is 2.22. The molecule has 0 saturated carbocycles. The summed E-state index contributed by atoms with van der Waals surface area (Å²) in [6, 6.07) is 9.61. The fourth-order valence-corrected chi connectivity index (χ4v) is 3.82. The number of fused-ring (bicyclic) bond motifs is 1. The molecule has 0 atom stereocenters. The number of amides is 4. The number of aryl methyl sites for hydroxylation is 1. The van der Waals surface area contributed by atoms with Crippen LogP contribution in [0.15, 0.2) is 30.3 Å². The standard InChI is InChI=1S/C23H34N6O2/c1-3-4-11-24-22(30)27-18-9-13-29(14-10-18)15-12-25-23(31)28-21-16-17(2)26-20-8-6-5-7-19(20)21/h5-8,16,18H,3-4,9-15H2,1-2H3,(H2,24,27,30)(H2,25,26,28,31). The highest BCUT2D eigenvalue weighted by molar-refractivity contribution is 6.00. The van der Waals surface area contributed by atoms with Crippen LogP contribution in [0.4, 0.5) is 15.3 Å². The van der Waals surface area contributed by atoms with Gasteiger partial charge in [-0.15, -0.1) is 0 Å². The number of hydrogen-bond acceptors (Lipinski definition) is 4. The largest absolute Gasteiger partial charge is 0.338 e. The Morgan fingerprint density at radius 2 is 1.84 bits per heavy atom. The number of carbonyl (C=O) groups excluding carboxylic acids is 2. The van der Waals surface area contributed by atoms with Crippen molar-refractivity contribution in [2.75, 3.05) is 38.0 Å². The van der Waals surface area contributed by atoms with Crippen LogP contribution in [-0.4, -0.2) is 60.7 Å². The lowest BCUT2D eigenvalue weighted by Gasteiger charge is -2.32. The summed E-state index contributed by atoms with van der Waals surface area (Å²) >= 11 is 0. The number of anilines is 1. The average molecular weight is 427 g/mol. The molecule has 8 heteroatoms. The molecule has 168 valence electrons. The summed E-state index contributed by atoms with van der Waals surface area (Å²) in [5.41, 5.74) is 2.50. The second kappa shape index (κ2) is 11.5. The molecule has 2 heterocycles. The molecule has 0 spiro atoms. The van der Waals surface area contributed by atoms with Crippen molar-refractivity contribution < 1.29 is 9.59 Å². The molecule has 0 aliphatic carbocycles. The fourth-order valence-electron chi connectivity index (χ4n) is 3.82. The minimum Gasteiger partial charge on any atom is -0.338 e. The van der Waals surface area contributed by atoms with Crippen LogP contribution in [0.25, 0.3) is 10.9 Å². The molecule has 0 unspecified atom stereocenters. The number of benzene rings is 1. The van der Waals surface area contributed by atoms with Crippen molar-refractivity contribution in [2.24, 2.45) is 0 Å². The first-order valence-corrected chi connectivity index (χ1v) is 11.2. The van der Waals surface area contributed by atoms with E-state index in [2.05, 4.69) is 38.1 Å². The minimum atomic E-state index is -0.212. The zero-order chi connectivity index (χ0) is 22.1. The third-order valence-corrected chi connectivity index (χ3v) is 5.54. The summed E-state index contributed by atoms with van der Waals surface area (Å²) in [5.74, 6) is 0. The van der Waals surface area contributed by atoms with Gasteiger partial charge >= 0.3 is 12.1 Å². The van der Waals surface area contributed by atoms with Crippen LogP contribution in [0, 0.1) is 6.92 Å². The maximum atomic E-state index is 12.4. The summed E-state index contributed by atoms with van der Waals surface area (Å²) in [4.78, 5) is 31.1. The van der Waals surface area contributed by atoms with E-state index in [0.717, 1.165) is 74.1 Å². The molecule has 0 bridgehead atoms. The molecule has 1 aromatic heterocycles. The van der Waals surface area contributed by atoms with Gasteiger partial charge in [0.05, 0.1) is 11.2 Å². The number of urea groups is 2. The Kier molecular flexibility index (Phi) is 8.46. The van der Waals surface area contributed by atoms with Gasteiger partial charge < -0.3 is 26.2 Å². The molecular formula is C23H34N6O2. The quantitative estimate of drug-likeness (QED) is 0.487. The number of nitrogens with one attached hydrogen (secondary N) is 4. The Balaban J connectivity index is 1.36. The van der Waals surface area contributed by atoms with Crippen LogP contribution in [0.1, 0.15) is 38.3 Å². The third-order valence-electron chi connectivity index (χ3n) is 5.54. The molecule has 31 heavy (non-hydrogen) atoms. The third kappa shape index (κ3) is 7.10. The van der Waals surface area contributed by atoms with Crippen molar-refractivity contribution in [1.29, 1.82) is 0 Å². The molecule has 4 N–H and O–H groups in total. The van der Waals surface area contributed by atoms with Crippen molar-refractivity contribution in [1.82, 2.24) is 25.8 Å². The van der Waals surface area contributed by atoms with Crippen LogP contribution in [0.5, 0.6) is 0 Å². The number of piperidine rings is 1. The van der Waals surface area contributed by atoms with Crippen LogP contribution in [0.2, 0.25) is 0 Å². The van der Waals surface area contributed by atoms with E-state index in [1.165, 1.54) is 0 Å². The van der Waals surface area contributed by atoms with Crippen molar-refractivity contribution in [3.63, 3.8) is 0 Å². The zero-order valence-corrected chi connectivity index (χ0v) is 18.5. The second-order valence-corrected chi connectivity index (χ2v) is 8.08. The number of nitrogens with zero attached hydrogens (tertiary/aromatic N) is 2. The number of unbranched alkanes of at least 4 members (excludes halogenated alkanes) is 1. The number of para-hydroxylation sites is 1. The topological polar surface area (TPSA) is 98.4 Å². The van der Waals surface area contributed by atoms with Crippen molar-refractivity contribution >= 4 is 28.7 Å². The molecule has 4 amide bonds. The fraction of sp³-hybridized carbons (Fsp3) is 0.522. The van der Waals surface area contributed by atoms with Gasteiger partial charge in [0.1, 0.15) is 0 Å². The Morgan fingerprint density at radius 1 is 1.10 bits per heavy atom. The van der Waals surface area contributed by atoms with Gasteiger partial charge in [0.25, 0.3) is 0 Å². The summed E-state index contributed by atoms with van der Waals surface area (Å²) < 4.78 is 0. The lowest BCUT2D eigenvalue weighted by atomic mass is 10.1. The molecule has 3 rings (SSSR count). The second-order valence-electron chi connectivity index (χ2n) is 8.08. The van der Waals surface area contributed by atoms with E-state index in [-0.39, 0.29) is 18.1 Å². The lowest BCUT2D eigenvalue weighted by Crippen LogP contribution is -2.49. The molecule has 1 aromatic carbocycles. The van der Waals surface area contributed by atoms with Gasteiger partial charge in [0.2, 0.25) is 0 Å². The van der Waals surface area contributed by atoms with Crippen molar-refractivity contribution in [2.45, 2.75) is 45.6 Å². The Morgan fingerprint density at radius 3 is 2.61 bits per heavy atom. The number of pyridine rings is 1. The number of likely N-dealkylation sites (tertiary alicyclic amines) is 1. The summed E-state index contributed by atoms with van der Waals surface area (Å²) in [5, 5.41) is 12.8. The van der Waals surface area contributed by atoms with Crippen LogP contribution in [0.3, 0.4) is 0 Å². The molecule has 0 radical (unpaired) electrons. The zero-order valence-electron chi connectivity index (χ0n) is 18.5. The van der Waals surface area contributed by atoms with Gasteiger partial charge in [-0.2, -0.15) is 0 Å². The summed E-state index contributed by atoms with van der Waals surface area (Å²) in [6.45, 7) is 7.94. The predicted molar refractivity (Wildman–Crippen MR) is 124 cm³/mol. The van der Waals surface area contributed by atoms with E-state index in [4.69, 9.17) is 0 Å². The first kappa shape index (κ1) is 22.8. The van der Waals surface area contributed by atoms with Gasteiger partial charge in [-0.05, 0) is 38.3 Å². The number of rotatable bonds is 8. The first-order valence-electron chi connectivity index (χ1n) is 11.2. The summed E-state index contributed by atoms with van der Waals surface area (Å²) in [7, 11) is 0. The van der Waals surface area contributed by atoms with Gasteiger partial charge in [-0.25, -0.2) is 9.59 Å². The van der Waals surface area contributed by atoms with Crippen LogP contribution < -0.4 is 21.3 Å². The van der Waals surface area contributed by atoms with Crippen LogP contribution in [-0.2, 0) is 0 Å². The minimum absolute atomic E-state index is 0.0656.